The molecule has 8 nitrogen and oxygen atoms in total. The van der Waals surface area contributed by atoms with Crippen LogP contribution in [-0.2, 0) is 18.9 Å². The Morgan fingerprint density at radius 2 is 1.74 bits per heavy atom. The van der Waals surface area contributed by atoms with Crippen LogP contribution < -0.4 is 16.6 Å². The lowest BCUT2D eigenvalue weighted by Gasteiger charge is -2.13. The first kappa shape index (κ1) is 25.5. The first-order valence-corrected chi connectivity index (χ1v) is 12.1. The first-order chi connectivity index (χ1) is 16.0. The summed E-state index contributed by atoms with van der Waals surface area (Å²) in [5, 5.41) is 13.6. The Hall–Kier alpha value is -3.11. The summed E-state index contributed by atoms with van der Waals surface area (Å²) < 4.78 is 2.77. The number of rotatable bonds is 5. The van der Waals surface area contributed by atoms with Crippen molar-refractivity contribution in [3.8, 4) is 5.88 Å². The van der Waals surface area contributed by atoms with Crippen LogP contribution in [-0.4, -0.2) is 30.9 Å². The third-order valence-corrected chi connectivity index (χ3v) is 6.84. The molecule has 0 saturated heterocycles. The number of thioether (sulfide) groups is 1. The number of carbonyl (C=O) groups is 1. The third kappa shape index (κ3) is 5.51. The molecule has 1 aromatic heterocycles. The van der Waals surface area contributed by atoms with E-state index in [1.807, 2.05) is 45.0 Å². The number of aliphatic imine (C=N–C) groups is 1. The summed E-state index contributed by atoms with van der Waals surface area (Å²) in [5.41, 5.74) is 2.71. The number of aromatic hydroxyl groups is 1. The van der Waals surface area contributed by atoms with Gasteiger partial charge in [-0.15, -0.1) is 0 Å². The van der Waals surface area contributed by atoms with Crippen LogP contribution >= 0.6 is 27.7 Å². The average Bonchev–Trinajstić information content (AvgIpc) is 2.79. The van der Waals surface area contributed by atoms with Crippen molar-refractivity contribution in [3.63, 3.8) is 0 Å². The summed E-state index contributed by atoms with van der Waals surface area (Å²) in [6, 6.07) is 11.1. The van der Waals surface area contributed by atoms with Crippen LogP contribution in [0.2, 0.25) is 0 Å². The molecular formula is C24H25BrN4O4S. The molecule has 0 bridgehead atoms. The fraction of sp³-hybridized carbons (Fsp3) is 0.250. The molecule has 0 aliphatic heterocycles. The second-order valence-corrected chi connectivity index (χ2v) is 9.77. The predicted molar refractivity (Wildman–Crippen MR) is 141 cm³/mol. The number of carbonyl (C=O) groups excluding carboxylic acids is 1. The Balaban J connectivity index is 2.00. The van der Waals surface area contributed by atoms with Crippen molar-refractivity contribution in [3.05, 3.63) is 84.0 Å². The minimum atomic E-state index is -0.695. The molecule has 2 N–H and O–H groups in total. The molecule has 34 heavy (non-hydrogen) atoms. The van der Waals surface area contributed by atoms with E-state index in [2.05, 4.69) is 26.2 Å². The third-order valence-electron chi connectivity index (χ3n) is 5.37. The van der Waals surface area contributed by atoms with E-state index in [4.69, 9.17) is 0 Å². The summed E-state index contributed by atoms with van der Waals surface area (Å²) in [7, 11) is 2.69. The fourth-order valence-electron chi connectivity index (χ4n) is 3.18. The lowest BCUT2D eigenvalue weighted by molar-refractivity contribution is -0.113. The molecule has 3 aromatic rings. The second-order valence-electron chi connectivity index (χ2n) is 7.89. The molecule has 178 valence electrons. The smallest absolute Gasteiger partial charge is 0.333 e. The number of hydrogen-bond donors (Lipinski definition) is 2. The monoisotopic (exact) mass is 544 g/mol. The lowest BCUT2D eigenvalue weighted by Crippen LogP contribution is -2.39. The number of benzene rings is 2. The van der Waals surface area contributed by atoms with Gasteiger partial charge in [-0.1, -0.05) is 33.8 Å². The first-order valence-electron chi connectivity index (χ1n) is 10.3. The molecule has 0 aliphatic rings. The lowest BCUT2D eigenvalue weighted by atomic mass is 10.1. The van der Waals surface area contributed by atoms with Gasteiger partial charge in [0.25, 0.3) is 5.56 Å². The highest BCUT2D eigenvalue weighted by Gasteiger charge is 2.22. The van der Waals surface area contributed by atoms with Gasteiger partial charge in [0.2, 0.25) is 11.8 Å². The topological polar surface area (TPSA) is 106 Å². The highest BCUT2D eigenvalue weighted by atomic mass is 79.9. The highest BCUT2D eigenvalue weighted by molar-refractivity contribution is 9.10. The minimum absolute atomic E-state index is 0.0649. The van der Waals surface area contributed by atoms with Crippen LogP contribution in [0.1, 0.15) is 22.3 Å². The zero-order chi connectivity index (χ0) is 25.2. The van der Waals surface area contributed by atoms with E-state index >= 15 is 0 Å². The van der Waals surface area contributed by atoms with Gasteiger partial charge in [0.1, 0.15) is 10.6 Å². The summed E-state index contributed by atoms with van der Waals surface area (Å²) in [5.74, 6) is -0.873. The van der Waals surface area contributed by atoms with Gasteiger partial charge in [-0.2, -0.15) is 0 Å². The van der Waals surface area contributed by atoms with Crippen LogP contribution in [0.3, 0.4) is 0 Å². The number of anilines is 1. The number of hydrogen-bond acceptors (Lipinski definition) is 6. The summed E-state index contributed by atoms with van der Waals surface area (Å²) in [4.78, 5) is 42.4. The van der Waals surface area contributed by atoms with E-state index < -0.39 is 17.1 Å². The SMILES string of the molecule is Cc1ccc(N=C(SCC(=O)Nc2ccc(Br)cc2C)c2c(O)n(C)c(=O)n(C)c2=O)cc1C. The van der Waals surface area contributed by atoms with Crippen molar-refractivity contribution >= 4 is 50.0 Å². The van der Waals surface area contributed by atoms with Crippen molar-refractivity contribution in [2.24, 2.45) is 19.1 Å². The number of nitrogens with one attached hydrogen (secondary N) is 1. The molecule has 0 saturated carbocycles. The van der Waals surface area contributed by atoms with Gasteiger partial charge in [-0.05, 0) is 67.8 Å². The van der Waals surface area contributed by atoms with Gasteiger partial charge in [0, 0.05) is 24.3 Å². The van der Waals surface area contributed by atoms with E-state index in [9.17, 15) is 19.5 Å². The number of aromatic nitrogens is 2. The van der Waals surface area contributed by atoms with Crippen molar-refractivity contribution in [2.45, 2.75) is 20.8 Å². The maximum absolute atomic E-state index is 12.9. The Morgan fingerprint density at radius 1 is 1.03 bits per heavy atom. The summed E-state index contributed by atoms with van der Waals surface area (Å²) in [6.07, 6.45) is 0. The van der Waals surface area contributed by atoms with E-state index in [1.165, 1.54) is 14.1 Å². The summed E-state index contributed by atoms with van der Waals surface area (Å²) >= 11 is 4.40. The van der Waals surface area contributed by atoms with Gasteiger partial charge < -0.3 is 10.4 Å². The second kappa shape index (κ2) is 10.4. The molecule has 10 heteroatoms. The molecule has 3 rings (SSSR count). The quantitative estimate of drug-likeness (QED) is 0.374. The van der Waals surface area contributed by atoms with E-state index in [0.717, 1.165) is 42.1 Å². The Bertz CT molecular complexity index is 1430. The van der Waals surface area contributed by atoms with Crippen LogP contribution in [0.4, 0.5) is 11.4 Å². The van der Waals surface area contributed by atoms with Crippen molar-refractivity contribution in [1.82, 2.24) is 9.13 Å². The Morgan fingerprint density at radius 3 is 2.38 bits per heavy atom. The van der Waals surface area contributed by atoms with Crippen molar-refractivity contribution in [2.75, 3.05) is 11.1 Å². The zero-order valence-corrected chi connectivity index (χ0v) is 21.9. The normalized spacial score (nSPS) is 11.5. The van der Waals surface area contributed by atoms with Crippen LogP contribution in [0.5, 0.6) is 5.88 Å². The number of aryl methyl sites for hydroxylation is 3. The molecule has 0 unspecified atom stereocenters. The molecule has 0 radical (unpaired) electrons. The number of halogens is 1. The zero-order valence-electron chi connectivity index (χ0n) is 19.5. The molecule has 2 aromatic carbocycles. The molecule has 0 fully saturated rings. The molecule has 0 atom stereocenters. The maximum atomic E-state index is 12.9. The average molecular weight is 545 g/mol. The molecule has 1 amide bonds. The van der Waals surface area contributed by atoms with Crippen LogP contribution in [0.25, 0.3) is 0 Å². The van der Waals surface area contributed by atoms with Gasteiger partial charge in [-0.25, -0.2) is 9.79 Å². The van der Waals surface area contributed by atoms with Crippen molar-refractivity contribution in [1.29, 1.82) is 0 Å². The van der Waals surface area contributed by atoms with Crippen LogP contribution in [0, 0.1) is 20.8 Å². The highest BCUT2D eigenvalue weighted by Crippen LogP contribution is 2.25. The fourth-order valence-corrected chi connectivity index (χ4v) is 4.49. The molecule has 1 heterocycles. The standard InChI is InChI=1S/C24H25BrN4O4S/c1-13-6-8-17(11-14(13)2)26-21(20-22(31)28(4)24(33)29(5)23(20)32)34-12-19(30)27-18-9-7-16(25)10-15(18)3/h6-11,31H,12H2,1-5H3,(H,27,30). The predicted octanol–water partition coefficient (Wildman–Crippen LogP) is 3.93. The van der Waals surface area contributed by atoms with E-state index in [-0.39, 0.29) is 22.3 Å². The molecule has 0 spiro atoms. The largest absolute Gasteiger partial charge is 0.494 e. The Labute approximate surface area is 209 Å². The van der Waals surface area contributed by atoms with Gasteiger partial charge in [-0.3, -0.25) is 18.7 Å². The van der Waals surface area contributed by atoms with Crippen LogP contribution in [0.15, 0.2) is 55.5 Å². The summed E-state index contributed by atoms with van der Waals surface area (Å²) in [6.45, 7) is 5.80. The maximum Gasteiger partial charge on any atom is 0.333 e. The number of amides is 1. The van der Waals surface area contributed by atoms with Crippen molar-refractivity contribution < 1.29 is 9.90 Å². The molecular weight excluding hydrogens is 520 g/mol. The van der Waals surface area contributed by atoms with Gasteiger partial charge in [0.05, 0.1) is 11.4 Å². The van der Waals surface area contributed by atoms with Gasteiger partial charge in [0.15, 0.2) is 0 Å². The molecule has 0 aliphatic carbocycles. The van der Waals surface area contributed by atoms with E-state index in [0.29, 0.717) is 11.4 Å². The van der Waals surface area contributed by atoms with E-state index in [1.54, 1.807) is 12.1 Å². The number of nitrogens with zero attached hydrogens (tertiary/aromatic N) is 3. The minimum Gasteiger partial charge on any atom is -0.494 e. The van der Waals surface area contributed by atoms with Gasteiger partial charge >= 0.3 is 5.69 Å². The Kier molecular flexibility index (Phi) is 7.83.